The molecule has 2 N–H and O–H groups in total. The van der Waals surface area contributed by atoms with E-state index in [1.807, 2.05) is 13.8 Å². The SMILES string of the molecule is CC.CC(C)CC1CCCC(C)(N)CC1. The van der Waals surface area contributed by atoms with Crippen molar-refractivity contribution in [2.75, 3.05) is 0 Å². The highest BCUT2D eigenvalue weighted by Gasteiger charge is 2.24. The van der Waals surface area contributed by atoms with Crippen molar-refractivity contribution in [3.63, 3.8) is 0 Å². The summed E-state index contributed by atoms with van der Waals surface area (Å²) in [5.41, 5.74) is 6.30. The average Bonchev–Trinajstić information content (AvgIpc) is 2.31. The highest BCUT2D eigenvalue weighted by atomic mass is 14.7. The fraction of sp³-hybridized carbons (Fsp3) is 1.00. The van der Waals surface area contributed by atoms with E-state index < -0.39 is 0 Å². The van der Waals surface area contributed by atoms with Crippen molar-refractivity contribution in [2.45, 2.75) is 78.7 Å². The second-order valence-corrected chi connectivity index (χ2v) is 5.58. The number of hydrogen-bond donors (Lipinski definition) is 1. The maximum atomic E-state index is 6.17. The summed E-state index contributed by atoms with van der Waals surface area (Å²) < 4.78 is 0. The summed E-state index contributed by atoms with van der Waals surface area (Å²) in [4.78, 5) is 0. The van der Waals surface area contributed by atoms with E-state index in [0.717, 1.165) is 11.8 Å². The number of nitrogens with two attached hydrogens (primary N) is 1. The molecule has 2 unspecified atom stereocenters. The first-order valence-electron chi connectivity index (χ1n) is 6.78. The van der Waals surface area contributed by atoms with E-state index in [0.29, 0.717) is 0 Å². The molecule has 0 aromatic carbocycles. The molecule has 1 aliphatic rings. The lowest BCUT2D eigenvalue weighted by atomic mass is 9.89. The van der Waals surface area contributed by atoms with Gasteiger partial charge in [0.05, 0.1) is 0 Å². The van der Waals surface area contributed by atoms with Gasteiger partial charge in [0.2, 0.25) is 0 Å². The van der Waals surface area contributed by atoms with Crippen molar-refractivity contribution >= 4 is 0 Å². The number of hydrogen-bond acceptors (Lipinski definition) is 1. The van der Waals surface area contributed by atoms with Crippen LogP contribution in [0.15, 0.2) is 0 Å². The van der Waals surface area contributed by atoms with Crippen LogP contribution in [0.2, 0.25) is 0 Å². The van der Waals surface area contributed by atoms with Crippen LogP contribution in [0.1, 0.15) is 73.1 Å². The van der Waals surface area contributed by atoms with E-state index in [1.165, 1.54) is 38.5 Å². The molecule has 1 nitrogen and oxygen atoms in total. The summed E-state index contributed by atoms with van der Waals surface area (Å²) in [7, 11) is 0. The molecule has 0 spiro atoms. The molecule has 0 aromatic heterocycles. The highest BCUT2D eigenvalue weighted by molar-refractivity contribution is 4.83. The smallest absolute Gasteiger partial charge is 0.0126 e. The first kappa shape index (κ1) is 15.0. The zero-order valence-corrected chi connectivity index (χ0v) is 11.5. The largest absolute Gasteiger partial charge is 0.325 e. The third-order valence-corrected chi connectivity index (χ3v) is 3.29. The summed E-state index contributed by atoms with van der Waals surface area (Å²) in [5, 5.41) is 0. The Kier molecular flexibility index (Phi) is 7.25. The third kappa shape index (κ3) is 6.94. The standard InChI is InChI=1S/C12H25N.C2H6/c1-10(2)9-11-5-4-7-12(3,13)8-6-11;1-2/h10-11H,4-9,13H2,1-3H3;1-2H3. The molecule has 1 heteroatoms. The summed E-state index contributed by atoms with van der Waals surface area (Å²) in [5.74, 6) is 1.80. The fourth-order valence-corrected chi connectivity index (χ4v) is 2.50. The van der Waals surface area contributed by atoms with Crippen LogP contribution in [0.4, 0.5) is 0 Å². The van der Waals surface area contributed by atoms with Crippen LogP contribution < -0.4 is 5.73 Å². The van der Waals surface area contributed by atoms with Gasteiger partial charge in [0.15, 0.2) is 0 Å². The molecule has 0 radical (unpaired) electrons. The van der Waals surface area contributed by atoms with E-state index in [1.54, 1.807) is 0 Å². The average molecular weight is 213 g/mol. The molecule has 1 saturated carbocycles. The molecule has 1 rings (SSSR count). The lowest BCUT2D eigenvalue weighted by Gasteiger charge is -2.22. The zero-order valence-electron chi connectivity index (χ0n) is 11.5. The Morgan fingerprint density at radius 2 is 1.80 bits per heavy atom. The van der Waals surface area contributed by atoms with Crippen LogP contribution in [0.25, 0.3) is 0 Å². The van der Waals surface area contributed by atoms with Crippen molar-refractivity contribution < 1.29 is 0 Å². The van der Waals surface area contributed by atoms with Crippen molar-refractivity contribution in [2.24, 2.45) is 17.6 Å². The van der Waals surface area contributed by atoms with Gasteiger partial charge in [-0.25, -0.2) is 0 Å². The normalized spacial score (nSPS) is 31.8. The molecule has 0 aliphatic heterocycles. The van der Waals surface area contributed by atoms with E-state index in [2.05, 4.69) is 20.8 Å². The van der Waals surface area contributed by atoms with Crippen molar-refractivity contribution in [3.8, 4) is 0 Å². The maximum absolute atomic E-state index is 6.17. The molecule has 0 bridgehead atoms. The van der Waals surface area contributed by atoms with Crippen LogP contribution in [-0.4, -0.2) is 5.54 Å². The molecular weight excluding hydrogens is 182 g/mol. The van der Waals surface area contributed by atoms with Gasteiger partial charge in [0, 0.05) is 5.54 Å². The summed E-state index contributed by atoms with van der Waals surface area (Å²) in [6, 6.07) is 0. The van der Waals surface area contributed by atoms with Gasteiger partial charge in [-0.05, 0) is 44.4 Å². The van der Waals surface area contributed by atoms with Gasteiger partial charge >= 0.3 is 0 Å². The lowest BCUT2D eigenvalue weighted by molar-refractivity contribution is 0.354. The van der Waals surface area contributed by atoms with Gasteiger partial charge in [0.25, 0.3) is 0 Å². The fourth-order valence-electron chi connectivity index (χ4n) is 2.50. The minimum Gasteiger partial charge on any atom is -0.325 e. The topological polar surface area (TPSA) is 26.0 Å². The summed E-state index contributed by atoms with van der Waals surface area (Å²) >= 11 is 0. The molecule has 1 aliphatic carbocycles. The Morgan fingerprint density at radius 3 is 2.33 bits per heavy atom. The first-order valence-corrected chi connectivity index (χ1v) is 6.78. The molecule has 1 fully saturated rings. The molecule has 0 saturated heterocycles. The molecule has 2 atom stereocenters. The first-order chi connectivity index (χ1) is 6.99. The van der Waals surface area contributed by atoms with Crippen LogP contribution in [0.5, 0.6) is 0 Å². The van der Waals surface area contributed by atoms with Crippen LogP contribution in [0, 0.1) is 11.8 Å². The van der Waals surface area contributed by atoms with Gasteiger partial charge in [-0.1, -0.05) is 40.5 Å². The second kappa shape index (κ2) is 7.27. The van der Waals surface area contributed by atoms with E-state index in [-0.39, 0.29) is 5.54 Å². The van der Waals surface area contributed by atoms with Crippen molar-refractivity contribution in [1.82, 2.24) is 0 Å². The minimum absolute atomic E-state index is 0.131. The Hall–Kier alpha value is -0.0400. The summed E-state index contributed by atoms with van der Waals surface area (Å²) in [6.45, 7) is 10.9. The molecule has 0 amide bonds. The Balaban J connectivity index is 0.000000921. The van der Waals surface area contributed by atoms with Gasteiger partial charge in [-0.15, -0.1) is 0 Å². The predicted octanol–water partition coefficient (Wildman–Crippen LogP) is 4.36. The van der Waals surface area contributed by atoms with E-state index in [4.69, 9.17) is 5.73 Å². The van der Waals surface area contributed by atoms with Gasteiger partial charge in [-0.2, -0.15) is 0 Å². The van der Waals surface area contributed by atoms with Crippen LogP contribution >= 0.6 is 0 Å². The van der Waals surface area contributed by atoms with Crippen molar-refractivity contribution in [1.29, 1.82) is 0 Å². The second-order valence-electron chi connectivity index (χ2n) is 5.58. The van der Waals surface area contributed by atoms with Gasteiger partial charge < -0.3 is 5.73 Å². The molecular formula is C14H31N. The minimum atomic E-state index is 0.131. The Labute approximate surface area is 96.8 Å². The highest BCUT2D eigenvalue weighted by Crippen LogP contribution is 2.31. The van der Waals surface area contributed by atoms with Gasteiger partial charge in [0.1, 0.15) is 0 Å². The predicted molar refractivity (Wildman–Crippen MR) is 70.0 cm³/mol. The molecule has 92 valence electrons. The quantitative estimate of drug-likeness (QED) is 0.678. The Bertz CT molecular complexity index is 149. The monoisotopic (exact) mass is 213 g/mol. The van der Waals surface area contributed by atoms with E-state index in [9.17, 15) is 0 Å². The molecule has 0 aromatic rings. The Morgan fingerprint density at radius 1 is 1.20 bits per heavy atom. The zero-order chi connectivity index (χ0) is 11.9. The third-order valence-electron chi connectivity index (χ3n) is 3.29. The number of rotatable bonds is 2. The van der Waals surface area contributed by atoms with Gasteiger partial charge in [-0.3, -0.25) is 0 Å². The summed E-state index contributed by atoms with van der Waals surface area (Å²) in [6.07, 6.45) is 7.95. The maximum Gasteiger partial charge on any atom is 0.0126 e. The van der Waals surface area contributed by atoms with Crippen LogP contribution in [-0.2, 0) is 0 Å². The van der Waals surface area contributed by atoms with E-state index >= 15 is 0 Å². The van der Waals surface area contributed by atoms with Crippen molar-refractivity contribution in [3.05, 3.63) is 0 Å². The van der Waals surface area contributed by atoms with Crippen LogP contribution in [0.3, 0.4) is 0 Å². The lowest BCUT2D eigenvalue weighted by Crippen LogP contribution is -2.35. The molecule has 15 heavy (non-hydrogen) atoms. The molecule has 0 heterocycles.